The zero-order valence-electron chi connectivity index (χ0n) is 9.49. The molecule has 0 unspecified atom stereocenters. The molecule has 1 aromatic rings. The summed E-state index contributed by atoms with van der Waals surface area (Å²) in [5.41, 5.74) is 5.43. The lowest BCUT2D eigenvalue weighted by atomic mass is 10.2. The Labute approximate surface area is 99.8 Å². The molecule has 2 N–H and O–H groups in total. The van der Waals surface area contributed by atoms with Gasteiger partial charge in [-0.2, -0.15) is 0 Å². The summed E-state index contributed by atoms with van der Waals surface area (Å²) < 4.78 is 24.7. The van der Waals surface area contributed by atoms with Crippen molar-refractivity contribution >= 4 is 22.0 Å². The van der Waals surface area contributed by atoms with Crippen LogP contribution in [0.3, 0.4) is 0 Å². The van der Waals surface area contributed by atoms with Crippen molar-refractivity contribution in [3.63, 3.8) is 0 Å². The molecule has 0 atom stereocenters. The molecule has 0 spiro atoms. The van der Waals surface area contributed by atoms with Crippen molar-refractivity contribution in [1.29, 1.82) is 0 Å². The highest BCUT2D eigenvalue weighted by Crippen LogP contribution is 2.13. The van der Waals surface area contributed by atoms with Crippen molar-refractivity contribution in [2.45, 2.75) is 4.90 Å². The number of hydrogen-bond donors (Lipinski definition) is 1. The molecule has 6 nitrogen and oxygen atoms in total. The van der Waals surface area contributed by atoms with Gasteiger partial charge in [-0.1, -0.05) is 0 Å². The summed E-state index contributed by atoms with van der Waals surface area (Å²) in [6.07, 6.45) is 5.23. The molecule has 0 aliphatic heterocycles. The maximum atomic E-state index is 11.8. The Balaban J connectivity index is 3.15. The molecule has 0 aliphatic carbocycles. The van der Waals surface area contributed by atoms with E-state index in [1.165, 1.54) is 38.6 Å². The first-order chi connectivity index (χ1) is 7.84. The summed E-state index contributed by atoms with van der Waals surface area (Å²) in [4.78, 5) is 14.4. The van der Waals surface area contributed by atoms with E-state index in [0.29, 0.717) is 5.56 Å². The number of hydrogen-bond acceptors (Lipinski definition) is 4. The number of aromatic nitrogens is 1. The van der Waals surface area contributed by atoms with E-state index in [1.54, 1.807) is 0 Å². The van der Waals surface area contributed by atoms with Crippen molar-refractivity contribution in [2.24, 2.45) is 5.73 Å². The van der Waals surface area contributed by atoms with E-state index >= 15 is 0 Å². The number of primary amides is 1. The number of rotatable bonds is 4. The van der Waals surface area contributed by atoms with Crippen LogP contribution in [0.1, 0.15) is 5.56 Å². The zero-order valence-corrected chi connectivity index (χ0v) is 10.3. The highest BCUT2D eigenvalue weighted by Gasteiger charge is 2.17. The maximum Gasteiger partial charge on any atom is 0.244 e. The highest BCUT2D eigenvalue weighted by molar-refractivity contribution is 7.89. The standard InChI is InChI=1S/C10H13N3O3S/c1-13(2)17(15,16)9-5-8(6-12-7-9)3-4-10(11)14/h3-7H,1-2H3,(H2,11,14)/b4-3+. The molecule has 7 heteroatoms. The second-order valence-electron chi connectivity index (χ2n) is 3.48. The van der Waals surface area contributed by atoms with Crippen molar-refractivity contribution in [1.82, 2.24) is 9.29 Å². The molecular formula is C10H13N3O3S. The Bertz CT molecular complexity index is 550. The number of amides is 1. The number of nitrogens with two attached hydrogens (primary N) is 1. The first-order valence-corrected chi connectivity index (χ1v) is 6.13. The molecule has 1 heterocycles. The van der Waals surface area contributed by atoms with Crippen LogP contribution in [0.25, 0.3) is 6.08 Å². The van der Waals surface area contributed by atoms with E-state index < -0.39 is 15.9 Å². The third kappa shape index (κ3) is 3.36. The van der Waals surface area contributed by atoms with Gasteiger partial charge in [0.15, 0.2) is 0 Å². The van der Waals surface area contributed by atoms with E-state index in [2.05, 4.69) is 4.98 Å². The van der Waals surface area contributed by atoms with Gasteiger partial charge in [0.2, 0.25) is 15.9 Å². The Morgan fingerprint density at radius 1 is 1.41 bits per heavy atom. The first kappa shape index (κ1) is 13.3. The maximum absolute atomic E-state index is 11.8. The molecular weight excluding hydrogens is 242 g/mol. The molecule has 92 valence electrons. The molecule has 1 aromatic heterocycles. The van der Waals surface area contributed by atoms with Gasteiger partial charge in [0.1, 0.15) is 4.90 Å². The van der Waals surface area contributed by atoms with Crippen molar-refractivity contribution in [3.05, 3.63) is 30.1 Å². The third-order valence-electron chi connectivity index (χ3n) is 1.95. The van der Waals surface area contributed by atoms with E-state index in [-0.39, 0.29) is 4.90 Å². The molecule has 0 bridgehead atoms. The summed E-state index contributed by atoms with van der Waals surface area (Å²) in [6, 6.07) is 1.42. The fourth-order valence-electron chi connectivity index (χ4n) is 1.06. The highest BCUT2D eigenvalue weighted by atomic mass is 32.2. The number of nitrogens with zero attached hydrogens (tertiary/aromatic N) is 2. The third-order valence-corrected chi connectivity index (χ3v) is 3.73. The Morgan fingerprint density at radius 2 is 2.06 bits per heavy atom. The van der Waals surface area contributed by atoms with Gasteiger partial charge in [-0.25, -0.2) is 12.7 Å². The molecule has 0 aromatic carbocycles. The predicted molar refractivity (Wildman–Crippen MR) is 63.3 cm³/mol. The minimum atomic E-state index is -3.52. The summed E-state index contributed by atoms with van der Waals surface area (Å²) in [5, 5.41) is 0. The topological polar surface area (TPSA) is 93.4 Å². The smallest absolute Gasteiger partial charge is 0.244 e. The lowest BCUT2D eigenvalue weighted by Gasteiger charge is -2.10. The van der Waals surface area contributed by atoms with E-state index in [4.69, 9.17) is 5.73 Å². The molecule has 0 fully saturated rings. The van der Waals surface area contributed by atoms with Crippen LogP contribution in [0.15, 0.2) is 29.4 Å². The van der Waals surface area contributed by atoms with Gasteiger partial charge in [-0.15, -0.1) is 0 Å². The number of carbonyl (C=O) groups excluding carboxylic acids is 1. The van der Waals surface area contributed by atoms with E-state index in [9.17, 15) is 13.2 Å². The van der Waals surface area contributed by atoms with E-state index in [0.717, 1.165) is 10.4 Å². The fraction of sp³-hybridized carbons (Fsp3) is 0.200. The Morgan fingerprint density at radius 3 is 2.59 bits per heavy atom. The van der Waals surface area contributed by atoms with Gasteiger partial charge in [-0.05, 0) is 17.7 Å². The largest absolute Gasteiger partial charge is 0.366 e. The number of sulfonamides is 1. The van der Waals surface area contributed by atoms with Gasteiger partial charge >= 0.3 is 0 Å². The zero-order chi connectivity index (χ0) is 13.1. The van der Waals surface area contributed by atoms with Crippen LogP contribution in [0.5, 0.6) is 0 Å². The van der Waals surface area contributed by atoms with Crippen LogP contribution >= 0.6 is 0 Å². The molecule has 0 saturated carbocycles. The Hall–Kier alpha value is -1.73. The molecule has 1 rings (SSSR count). The number of pyridine rings is 1. The minimum Gasteiger partial charge on any atom is -0.366 e. The molecule has 0 aliphatic rings. The van der Waals surface area contributed by atoms with Crippen LogP contribution in [0, 0.1) is 0 Å². The monoisotopic (exact) mass is 255 g/mol. The van der Waals surface area contributed by atoms with Gasteiger partial charge < -0.3 is 5.73 Å². The second-order valence-corrected chi connectivity index (χ2v) is 5.63. The average Bonchev–Trinajstić information content (AvgIpc) is 2.26. The van der Waals surface area contributed by atoms with Gasteiger partial charge in [0.05, 0.1) is 0 Å². The van der Waals surface area contributed by atoms with E-state index in [1.807, 2.05) is 0 Å². The predicted octanol–water partition coefficient (Wildman–Crippen LogP) is -0.170. The molecule has 0 radical (unpaired) electrons. The lowest BCUT2D eigenvalue weighted by Crippen LogP contribution is -2.22. The summed E-state index contributed by atoms with van der Waals surface area (Å²) >= 11 is 0. The van der Waals surface area contributed by atoms with Crippen LogP contribution in [0.4, 0.5) is 0 Å². The lowest BCUT2D eigenvalue weighted by molar-refractivity contribution is -0.113. The van der Waals surface area contributed by atoms with Gasteiger partial charge in [0.25, 0.3) is 0 Å². The van der Waals surface area contributed by atoms with Crippen LogP contribution < -0.4 is 5.73 Å². The molecule has 0 saturated heterocycles. The normalized spacial score (nSPS) is 12.2. The fourth-order valence-corrected chi connectivity index (χ4v) is 1.96. The summed E-state index contributed by atoms with van der Waals surface area (Å²) in [6.45, 7) is 0. The quantitative estimate of drug-likeness (QED) is 0.756. The van der Waals surface area contributed by atoms with Crippen molar-refractivity contribution in [2.75, 3.05) is 14.1 Å². The number of carbonyl (C=O) groups is 1. The van der Waals surface area contributed by atoms with Gasteiger partial charge in [0, 0.05) is 32.6 Å². The minimum absolute atomic E-state index is 0.0640. The van der Waals surface area contributed by atoms with Crippen LogP contribution in [0.2, 0.25) is 0 Å². The average molecular weight is 255 g/mol. The first-order valence-electron chi connectivity index (χ1n) is 4.69. The van der Waals surface area contributed by atoms with Crippen LogP contribution in [-0.2, 0) is 14.8 Å². The van der Waals surface area contributed by atoms with Crippen LogP contribution in [-0.4, -0.2) is 37.7 Å². The molecule has 1 amide bonds. The second kappa shape index (κ2) is 5.07. The molecule has 17 heavy (non-hydrogen) atoms. The van der Waals surface area contributed by atoms with Gasteiger partial charge in [-0.3, -0.25) is 9.78 Å². The Kier molecular flexibility index (Phi) is 3.97. The van der Waals surface area contributed by atoms with Crippen molar-refractivity contribution < 1.29 is 13.2 Å². The summed E-state index contributed by atoms with van der Waals surface area (Å²) in [5.74, 6) is -0.606. The SMILES string of the molecule is CN(C)S(=O)(=O)c1cncc(/C=C/C(N)=O)c1. The van der Waals surface area contributed by atoms with Crippen molar-refractivity contribution in [3.8, 4) is 0 Å². The summed E-state index contributed by atoms with van der Waals surface area (Å²) in [7, 11) is -0.654.